The molecule has 0 saturated heterocycles. The Bertz CT molecular complexity index is 838. The van der Waals surface area contributed by atoms with Crippen LogP contribution in [-0.2, 0) is 4.79 Å². The highest BCUT2D eigenvalue weighted by Crippen LogP contribution is 2.63. The first-order valence-corrected chi connectivity index (χ1v) is 9.57. The van der Waals surface area contributed by atoms with Crippen LogP contribution in [0.4, 0.5) is 0 Å². The van der Waals surface area contributed by atoms with Gasteiger partial charge in [0.25, 0.3) is 11.8 Å². The molecule has 0 spiro atoms. The summed E-state index contributed by atoms with van der Waals surface area (Å²) in [5, 5.41) is 4.42. The lowest BCUT2D eigenvalue weighted by molar-refractivity contribution is -0.121. The lowest BCUT2D eigenvalue weighted by Crippen LogP contribution is -2.35. The molecular weight excluding hydrogens is 342 g/mol. The predicted molar refractivity (Wildman–Crippen MR) is 101 cm³/mol. The zero-order chi connectivity index (χ0) is 19.4. The summed E-state index contributed by atoms with van der Waals surface area (Å²) in [6, 6.07) is 6.74. The number of amides is 3. The fourth-order valence-electron chi connectivity index (χ4n) is 4.94. The molecule has 1 aliphatic heterocycles. The second kappa shape index (κ2) is 6.01. The van der Waals surface area contributed by atoms with Gasteiger partial charge in [0.15, 0.2) is 0 Å². The Hall–Kier alpha value is -2.50. The number of hydrazone groups is 1. The van der Waals surface area contributed by atoms with Gasteiger partial charge in [0, 0.05) is 24.1 Å². The van der Waals surface area contributed by atoms with Crippen molar-refractivity contribution in [1.29, 1.82) is 0 Å². The zero-order valence-electron chi connectivity index (χ0n) is 16.0. The number of hydrogen-bond acceptors (Lipinski definition) is 4. The van der Waals surface area contributed by atoms with Gasteiger partial charge in [-0.15, -0.1) is 0 Å². The van der Waals surface area contributed by atoms with E-state index in [2.05, 4.69) is 31.3 Å². The van der Waals surface area contributed by atoms with Crippen molar-refractivity contribution in [3.8, 4) is 0 Å². The number of fused-ring (bicyclic) bond motifs is 3. The van der Waals surface area contributed by atoms with Gasteiger partial charge in [-0.3, -0.25) is 19.3 Å². The normalized spacial score (nSPS) is 29.5. The molecule has 0 aromatic heterocycles. The molecule has 2 bridgehead atoms. The molecule has 2 aliphatic carbocycles. The van der Waals surface area contributed by atoms with Crippen molar-refractivity contribution in [2.75, 3.05) is 6.54 Å². The van der Waals surface area contributed by atoms with Crippen molar-refractivity contribution in [1.82, 2.24) is 10.3 Å². The number of nitrogens with zero attached hydrogens (tertiary/aromatic N) is 2. The van der Waals surface area contributed by atoms with Gasteiger partial charge >= 0.3 is 0 Å². The van der Waals surface area contributed by atoms with E-state index in [0.717, 1.165) is 23.5 Å². The third-order valence-corrected chi connectivity index (χ3v) is 7.27. The fourth-order valence-corrected chi connectivity index (χ4v) is 4.94. The van der Waals surface area contributed by atoms with Crippen LogP contribution >= 0.6 is 0 Å². The molecule has 27 heavy (non-hydrogen) atoms. The first-order valence-electron chi connectivity index (χ1n) is 9.57. The Morgan fingerprint density at radius 1 is 1.19 bits per heavy atom. The van der Waals surface area contributed by atoms with Crippen molar-refractivity contribution in [2.24, 2.45) is 21.8 Å². The summed E-state index contributed by atoms with van der Waals surface area (Å²) in [6.07, 6.45) is 3.30. The van der Waals surface area contributed by atoms with Crippen LogP contribution in [0.2, 0.25) is 0 Å². The number of imide groups is 1. The van der Waals surface area contributed by atoms with Crippen molar-refractivity contribution in [2.45, 2.75) is 46.5 Å². The monoisotopic (exact) mass is 367 g/mol. The highest BCUT2D eigenvalue weighted by molar-refractivity contribution is 6.21. The zero-order valence-corrected chi connectivity index (χ0v) is 16.0. The minimum Gasteiger partial charge on any atom is -0.274 e. The minimum atomic E-state index is -0.336. The van der Waals surface area contributed by atoms with Gasteiger partial charge in [0.2, 0.25) is 5.91 Å². The number of carbonyl (C=O) groups is 3. The Kier molecular flexibility index (Phi) is 3.98. The van der Waals surface area contributed by atoms with Gasteiger partial charge in [0.05, 0.1) is 11.1 Å². The molecule has 142 valence electrons. The van der Waals surface area contributed by atoms with Crippen molar-refractivity contribution in [3.63, 3.8) is 0 Å². The largest absolute Gasteiger partial charge is 0.274 e. The van der Waals surface area contributed by atoms with E-state index in [4.69, 9.17) is 0 Å². The number of carbonyl (C=O) groups excluding carboxylic acids is 3. The number of hydrogen-bond donors (Lipinski definition) is 1. The van der Waals surface area contributed by atoms with Crippen LogP contribution in [0.1, 0.15) is 67.2 Å². The van der Waals surface area contributed by atoms with E-state index in [-0.39, 0.29) is 41.5 Å². The summed E-state index contributed by atoms with van der Waals surface area (Å²) in [4.78, 5) is 38.1. The minimum absolute atomic E-state index is 0.0352. The molecule has 1 N–H and O–H groups in total. The Morgan fingerprint density at radius 2 is 1.81 bits per heavy atom. The van der Waals surface area contributed by atoms with Crippen LogP contribution in [-0.4, -0.2) is 34.9 Å². The Morgan fingerprint density at radius 3 is 2.33 bits per heavy atom. The van der Waals surface area contributed by atoms with Crippen LogP contribution in [0.5, 0.6) is 0 Å². The molecule has 2 atom stereocenters. The number of nitrogens with one attached hydrogen (secondary N) is 1. The maximum absolute atomic E-state index is 12.3. The van der Waals surface area contributed by atoms with Gasteiger partial charge < -0.3 is 0 Å². The Labute approximate surface area is 159 Å². The fraction of sp³-hybridized carbons (Fsp3) is 0.524. The molecule has 2 fully saturated rings. The SMILES string of the molecule is CC1(C)[C@H]2CC[C@@]1(C)/C(=N/NC(=O)CCN1C(=O)c3ccccc3C1=O)C2. The lowest BCUT2D eigenvalue weighted by atomic mass is 9.70. The van der Waals surface area contributed by atoms with E-state index in [1.807, 2.05) is 0 Å². The van der Waals surface area contributed by atoms with E-state index < -0.39 is 0 Å². The maximum Gasteiger partial charge on any atom is 0.261 e. The molecule has 2 saturated carbocycles. The molecule has 0 radical (unpaired) electrons. The van der Waals surface area contributed by atoms with E-state index >= 15 is 0 Å². The molecule has 0 unspecified atom stereocenters. The Balaban J connectivity index is 1.37. The molecule has 3 aliphatic rings. The second-order valence-electron chi connectivity index (χ2n) is 8.64. The van der Waals surface area contributed by atoms with E-state index in [1.165, 1.54) is 6.42 Å². The number of rotatable bonds is 4. The summed E-state index contributed by atoms with van der Waals surface area (Å²) >= 11 is 0. The standard InChI is InChI=1S/C21H25N3O3/c1-20(2)13-8-10-21(20,3)16(12-13)22-23-17(25)9-11-24-18(26)14-6-4-5-7-15(14)19(24)27/h4-7,13H,8-12H2,1-3H3,(H,23,25)/b22-16+/t13-,21-/m0/s1. The summed E-state index contributed by atoms with van der Waals surface area (Å²) in [5.41, 5.74) is 4.76. The summed E-state index contributed by atoms with van der Waals surface area (Å²) in [7, 11) is 0. The van der Waals surface area contributed by atoms with Crippen LogP contribution in [0.15, 0.2) is 29.4 Å². The highest BCUT2D eigenvalue weighted by Gasteiger charge is 2.60. The molecule has 6 nitrogen and oxygen atoms in total. The summed E-state index contributed by atoms with van der Waals surface area (Å²) in [6.45, 7) is 6.88. The third-order valence-electron chi connectivity index (χ3n) is 7.27. The van der Waals surface area contributed by atoms with Crippen LogP contribution in [0.25, 0.3) is 0 Å². The average molecular weight is 367 g/mol. The molecule has 1 aromatic rings. The van der Waals surface area contributed by atoms with Gasteiger partial charge in [0.1, 0.15) is 0 Å². The quantitative estimate of drug-likeness (QED) is 0.656. The summed E-state index contributed by atoms with van der Waals surface area (Å²) < 4.78 is 0. The summed E-state index contributed by atoms with van der Waals surface area (Å²) in [5.74, 6) is -0.325. The van der Waals surface area contributed by atoms with Crippen molar-refractivity contribution < 1.29 is 14.4 Å². The van der Waals surface area contributed by atoms with E-state index in [1.54, 1.807) is 24.3 Å². The van der Waals surface area contributed by atoms with Crippen molar-refractivity contribution in [3.05, 3.63) is 35.4 Å². The van der Waals surface area contributed by atoms with Crippen LogP contribution in [0, 0.1) is 16.7 Å². The van der Waals surface area contributed by atoms with Gasteiger partial charge in [-0.1, -0.05) is 32.9 Å². The molecule has 4 rings (SSSR count). The maximum atomic E-state index is 12.3. The molecule has 1 aromatic carbocycles. The molecule has 6 heteroatoms. The molecular formula is C21H25N3O3. The van der Waals surface area contributed by atoms with Crippen LogP contribution < -0.4 is 5.43 Å². The smallest absolute Gasteiger partial charge is 0.261 e. The second-order valence-corrected chi connectivity index (χ2v) is 8.64. The van der Waals surface area contributed by atoms with Crippen LogP contribution in [0.3, 0.4) is 0 Å². The molecule has 1 heterocycles. The first kappa shape index (κ1) is 17.9. The van der Waals surface area contributed by atoms with Crippen molar-refractivity contribution >= 4 is 23.4 Å². The third kappa shape index (κ3) is 2.53. The van der Waals surface area contributed by atoms with Gasteiger partial charge in [-0.05, 0) is 42.7 Å². The molecule has 3 amide bonds. The number of benzene rings is 1. The van der Waals surface area contributed by atoms with Gasteiger partial charge in [-0.2, -0.15) is 5.10 Å². The topological polar surface area (TPSA) is 78.8 Å². The predicted octanol–water partition coefficient (Wildman–Crippen LogP) is 2.99. The van der Waals surface area contributed by atoms with Gasteiger partial charge in [-0.25, -0.2) is 5.43 Å². The van der Waals surface area contributed by atoms with E-state index in [0.29, 0.717) is 17.0 Å². The lowest BCUT2D eigenvalue weighted by Gasteiger charge is -2.34. The average Bonchev–Trinajstić information content (AvgIpc) is 3.10. The van der Waals surface area contributed by atoms with E-state index in [9.17, 15) is 14.4 Å². The highest BCUT2D eigenvalue weighted by atomic mass is 16.2. The first-order chi connectivity index (χ1) is 12.8.